The fourth-order valence-electron chi connectivity index (χ4n) is 1.33. The van der Waals surface area contributed by atoms with E-state index in [4.69, 9.17) is 0 Å². The van der Waals surface area contributed by atoms with Gasteiger partial charge < -0.3 is 4.90 Å². The molecule has 0 fully saturated rings. The summed E-state index contributed by atoms with van der Waals surface area (Å²) in [6.45, 7) is 6.30. The maximum absolute atomic E-state index is 12.0. The predicted octanol–water partition coefficient (Wildman–Crippen LogP) is 3.43. The highest BCUT2D eigenvalue weighted by atomic mass is 32.2. The molecule has 0 heterocycles. The summed E-state index contributed by atoms with van der Waals surface area (Å²) in [5.41, 5.74) is -0.0612. The first-order valence-corrected chi connectivity index (χ1v) is 6.90. The van der Waals surface area contributed by atoms with Crippen molar-refractivity contribution in [1.82, 2.24) is 4.90 Å². The van der Waals surface area contributed by atoms with E-state index < -0.39 is 0 Å². The van der Waals surface area contributed by atoms with Crippen molar-refractivity contribution in [2.45, 2.75) is 37.6 Å². The lowest BCUT2D eigenvalue weighted by Gasteiger charge is -2.34. The van der Waals surface area contributed by atoms with E-state index in [9.17, 15) is 4.79 Å². The van der Waals surface area contributed by atoms with Gasteiger partial charge in [0.1, 0.15) is 0 Å². The molecule has 1 aromatic rings. The Morgan fingerprint density at radius 1 is 1.29 bits per heavy atom. The van der Waals surface area contributed by atoms with Gasteiger partial charge in [0, 0.05) is 17.5 Å². The molecule has 1 rings (SSSR count). The van der Waals surface area contributed by atoms with Gasteiger partial charge in [0.25, 0.3) is 0 Å². The Kier molecular flexibility index (Phi) is 5.06. The summed E-state index contributed by atoms with van der Waals surface area (Å²) in [6.07, 6.45) is 0.964. The second-order valence-corrected chi connectivity index (χ2v) is 5.77. The minimum atomic E-state index is -0.0612. The van der Waals surface area contributed by atoms with E-state index >= 15 is 0 Å². The summed E-state index contributed by atoms with van der Waals surface area (Å²) in [7, 11) is 1.89. The first kappa shape index (κ1) is 14.1. The van der Waals surface area contributed by atoms with E-state index in [1.165, 1.54) is 0 Å². The van der Waals surface area contributed by atoms with Gasteiger partial charge in [-0.2, -0.15) is 0 Å². The Morgan fingerprint density at radius 2 is 1.88 bits per heavy atom. The van der Waals surface area contributed by atoms with E-state index in [0.29, 0.717) is 5.75 Å². The zero-order valence-electron chi connectivity index (χ0n) is 11.1. The van der Waals surface area contributed by atoms with Crippen molar-refractivity contribution in [3.8, 4) is 0 Å². The molecule has 0 aliphatic rings. The number of thioether (sulfide) groups is 1. The molecular weight excluding hydrogens is 230 g/mol. The second-order valence-electron chi connectivity index (χ2n) is 4.72. The van der Waals surface area contributed by atoms with E-state index in [0.717, 1.165) is 11.3 Å². The van der Waals surface area contributed by atoms with Crippen LogP contribution >= 0.6 is 11.8 Å². The Balaban J connectivity index is 2.51. The zero-order chi connectivity index (χ0) is 12.9. The van der Waals surface area contributed by atoms with Crippen LogP contribution in [0, 0.1) is 0 Å². The molecule has 0 aromatic heterocycles. The second kappa shape index (κ2) is 6.10. The van der Waals surface area contributed by atoms with Gasteiger partial charge in [0.2, 0.25) is 5.91 Å². The van der Waals surface area contributed by atoms with Crippen LogP contribution < -0.4 is 0 Å². The van der Waals surface area contributed by atoms with Crippen molar-refractivity contribution >= 4 is 17.7 Å². The topological polar surface area (TPSA) is 20.3 Å². The van der Waals surface area contributed by atoms with Gasteiger partial charge in [0.15, 0.2) is 0 Å². The van der Waals surface area contributed by atoms with Crippen molar-refractivity contribution in [2.75, 3.05) is 12.8 Å². The van der Waals surface area contributed by atoms with Crippen molar-refractivity contribution < 1.29 is 4.79 Å². The quantitative estimate of drug-likeness (QED) is 0.747. The number of benzene rings is 1. The molecule has 17 heavy (non-hydrogen) atoms. The van der Waals surface area contributed by atoms with Crippen LogP contribution in [0.5, 0.6) is 0 Å². The molecule has 0 aliphatic heterocycles. The number of carbonyl (C=O) groups is 1. The Labute approximate surface area is 108 Å². The van der Waals surface area contributed by atoms with Crippen LogP contribution in [0.15, 0.2) is 35.2 Å². The SMILES string of the molecule is CCC(C)(C)N(C)C(=O)CSc1ccccc1. The Morgan fingerprint density at radius 3 is 2.41 bits per heavy atom. The number of amides is 1. The molecule has 0 N–H and O–H groups in total. The van der Waals surface area contributed by atoms with Crippen molar-refractivity contribution in [3.05, 3.63) is 30.3 Å². The Hall–Kier alpha value is -0.960. The van der Waals surface area contributed by atoms with Crippen LogP contribution in [-0.2, 0) is 4.79 Å². The number of hydrogen-bond donors (Lipinski definition) is 0. The van der Waals surface area contributed by atoms with E-state index in [1.807, 2.05) is 42.3 Å². The van der Waals surface area contributed by atoms with Gasteiger partial charge in [-0.15, -0.1) is 11.8 Å². The van der Waals surface area contributed by atoms with E-state index in [2.05, 4.69) is 20.8 Å². The third-order valence-electron chi connectivity index (χ3n) is 3.25. The van der Waals surface area contributed by atoms with Crippen LogP contribution in [0.3, 0.4) is 0 Å². The Bertz CT molecular complexity index is 362. The predicted molar refractivity (Wildman–Crippen MR) is 74.3 cm³/mol. The van der Waals surface area contributed by atoms with E-state index in [-0.39, 0.29) is 11.4 Å². The smallest absolute Gasteiger partial charge is 0.233 e. The van der Waals surface area contributed by atoms with Crippen LogP contribution in [0.25, 0.3) is 0 Å². The van der Waals surface area contributed by atoms with Crippen molar-refractivity contribution in [1.29, 1.82) is 0 Å². The molecule has 0 bridgehead atoms. The molecule has 1 amide bonds. The van der Waals surface area contributed by atoms with Crippen LogP contribution in [0.1, 0.15) is 27.2 Å². The number of nitrogens with zero attached hydrogens (tertiary/aromatic N) is 1. The molecule has 0 aliphatic carbocycles. The van der Waals surface area contributed by atoms with Crippen LogP contribution in [-0.4, -0.2) is 29.1 Å². The summed E-state index contributed by atoms with van der Waals surface area (Å²) in [5, 5.41) is 0. The monoisotopic (exact) mass is 251 g/mol. The average molecular weight is 251 g/mol. The summed E-state index contributed by atoms with van der Waals surface area (Å²) in [4.78, 5) is 15.0. The number of hydrogen-bond acceptors (Lipinski definition) is 2. The molecule has 94 valence electrons. The lowest BCUT2D eigenvalue weighted by atomic mass is 10.0. The van der Waals surface area contributed by atoms with Gasteiger partial charge in [-0.1, -0.05) is 25.1 Å². The minimum absolute atomic E-state index is 0.0612. The highest BCUT2D eigenvalue weighted by molar-refractivity contribution is 8.00. The van der Waals surface area contributed by atoms with Crippen LogP contribution in [0.4, 0.5) is 0 Å². The molecule has 0 saturated carbocycles. The largest absolute Gasteiger partial charge is 0.340 e. The van der Waals surface area contributed by atoms with Gasteiger partial charge in [-0.3, -0.25) is 4.79 Å². The number of rotatable bonds is 5. The summed E-state index contributed by atoms with van der Waals surface area (Å²) in [5.74, 6) is 0.690. The highest BCUT2D eigenvalue weighted by Crippen LogP contribution is 2.21. The van der Waals surface area contributed by atoms with Gasteiger partial charge in [-0.25, -0.2) is 0 Å². The highest BCUT2D eigenvalue weighted by Gasteiger charge is 2.25. The zero-order valence-corrected chi connectivity index (χ0v) is 11.9. The lowest BCUT2D eigenvalue weighted by molar-refractivity contribution is -0.131. The molecular formula is C14H21NOS. The van der Waals surface area contributed by atoms with E-state index in [1.54, 1.807) is 11.8 Å². The fraction of sp³-hybridized carbons (Fsp3) is 0.500. The molecule has 0 atom stereocenters. The molecule has 0 saturated heterocycles. The third kappa shape index (κ3) is 4.08. The maximum Gasteiger partial charge on any atom is 0.233 e. The van der Waals surface area contributed by atoms with Crippen molar-refractivity contribution in [2.24, 2.45) is 0 Å². The third-order valence-corrected chi connectivity index (χ3v) is 4.25. The normalized spacial score (nSPS) is 11.3. The van der Waals surface area contributed by atoms with Gasteiger partial charge in [-0.05, 0) is 32.4 Å². The standard InChI is InChI=1S/C14H21NOS/c1-5-14(2,3)15(4)13(16)11-17-12-9-7-6-8-10-12/h6-10H,5,11H2,1-4H3. The lowest BCUT2D eigenvalue weighted by Crippen LogP contribution is -2.45. The fourth-order valence-corrected chi connectivity index (χ4v) is 2.17. The summed E-state index contributed by atoms with van der Waals surface area (Å²) in [6, 6.07) is 10.0. The summed E-state index contributed by atoms with van der Waals surface area (Å²) < 4.78 is 0. The first-order valence-electron chi connectivity index (χ1n) is 5.92. The molecule has 0 unspecified atom stereocenters. The number of carbonyl (C=O) groups excluding carboxylic acids is 1. The average Bonchev–Trinajstić information content (AvgIpc) is 2.36. The minimum Gasteiger partial charge on any atom is -0.340 e. The van der Waals surface area contributed by atoms with Gasteiger partial charge in [0.05, 0.1) is 5.75 Å². The molecule has 0 radical (unpaired) electrons. The van der Waals surface area contributed by atoms with Crippen LogP contribution in [0.2, 0.25) is 0 Å². The first-order chi connectivity index (χ1) is 7.97. The maximum atomic E-state index is 12.0. The van der Waals surface area contributed by atoms with Crippen molar-refractivity contribution in [3.63, 3.8) is 0 Å². The summed E-state index contributed by atoms with van der Waals surface area (Å²) >= 11 is 1.59. The van der Waals surface area contributed by atoms with Gasteiger partial charge >= 0.3 is 0 Å². The molecule has 1 aromatic carbocycles. The molecule has 0 spiro atoms. The molecule has 2 nitrogen and oxygen atoms in total. The molecule has 3 heteroatoms.